The number of phenols is 1. The predicted octanol–water partition coefficient (Wildman–Crippen LogP) is 3.32. The number of aromatic hydroxyl groups is 1. The Labute approximate surface area is 186 Å². The van der Waals surface area contributed by atoms with Crippen molar-refractivity contribution in [2.75, 3.05) is 19.7 Å². The van der Waals surface area contributed by atoms with Gasteiger partial charge in [-0.25, -0.2) is 12.9 Å². The molecule has 1 heterocycles. The molecule has 1 aliphatic rings. The standard InChI is InChI=1S/C12H13BrF3NO3S.C7H4FNO/c13-8-1-2-10(9(5-8)12(14,15)16)21(20)17-4-3-11(19,6-17)7-18;8-7-3-6(10)2-1-5(7)4-9/h1-2,5,18-19H,3-4,6-7H2;1-3,10H. The quantitative estimate of drug-likeness (QED) is 0.534. The Morgan fingerprint density at radius 3 is 2.45 bits per heavy atom. The normalized spacial score (nSPS) is 19.9. The molecule has 0 saturated carbocycles. The molecule has 168 valence electrons. The number of nitriles is 1. The van der Waals surface area contributed by atoms with Crippen LogP contribution < -0.4 is 0 Å². The number of hydrogen-bond acceptors (Lipinski definition) is 5. The van der Waals surface area contributed by atoms with Crippen LogP contribution in [0.2, 0.25) is 0 Å². The Hall–Kier alpha value is -2.04. The third-order valence-electron chi connectivity index (χ3n) is 4.33. The van der Waals surface area contributed by atoms with Crippen molar-refractivity contribution in [2.24, 2.45) is 0 Å². The summed E-state index contributed by atoms with van der Waals surface area (Å²) in [5.41, 5.74) is -2.45. The van der Waals surface area contributed by atoms with Gasteiger partial charge >= 0.3 is 6.18 Å². The van der Waals surface area contributed by atoms with Crippen LogP contribution in [0, 0.1) is 17.1 Å². The average Bonchev–Trinajstić information content (AvgIpc) is 3.10. The van der Waals surface area contributed by atoms with Crippen LogP contribution in [0.3, 0.4) is 0 Å². The van der Waals surface area contributed by atoms with E-state index in [4.69, 9.17) is 15.5 Å². The lowest BCUT2D eigenvalue weighted by Crippen LogP contribution is -2.37. The van der Waals surface area contributed by atoms with E-state index in [9.17, 15) is 26.9 Å². The van der Waals surface area contributed by atoms with Crippen LogP contribution in [0.1, 0.15) is 17.5 Å². The van der Waals surface area contributed by atoms with Gasteiger partial charge in [0.15, 0.2) is 0 Å². The van der Waals surface area contributed by atoms with Crippen molar-refractivity contribution in [1.29, 1.82) is 5.26 Å². The number of halogens is 5. The fourth-order valence-corrected chi connectivity index (χ4v) is 4.50. The molecule has 1 fully saturated rings. The number of β-amino-alcohol motifs (C(OH)–C–C–N with tert-alkyl or cyclic N) is 1. The maximum atomic E-state index is 13.0. The predicted molar refractivity (Wildman–Crippen MR) is 107 cm³/mol. The van der Waals surface area contributed by atoms with Crippen molar-refractivity contribution in [3.63, 3.8) is 0 Å². The van der Waals surface area contributed by atoms with Gasteiger partial charge in [0.2, 0.25) is 0 Å². The number of aliphatic hydroxyl groups is 2. The van der Waals surface area contributed by atoms with Gasteiger partial charge < -0.3 is 15.3 Å². The van der Waals surface area contributed by atoms with Crippen molar-refractivity contribution >= 4 is 26.9 Å². The molecule has 12 heteroatoms. The SMILES string of the molecule is N#Cc1ccc(O)cc1F.O=S(c1ccc(Br)cc1C(F)(F)F)N1CCC(O)(CO)C1. The molecular formula is C19H17BrF4N2O4S. The first kappa shape index (κ1) is 25.2. The minimum absolute atomic E-state index is 0.0576. The lowest BCUT2D eigenvalue weighted by atomic mass is 10.1. The maximum Gasteiger partial charge on any atom is 0.417 e. The van der Waals surface area contributed by atoms with E-state index in [0.29, 0.717) is 0 Å². The van der Waals surface area contributed by atoms with Crippen LogP contribution in [0.15, 0.2) is 45.8 Å². The zero-order chi connectivity index (χ0) is 23.4. The van der Waals surface area contributed by atoms with Crippen molar-refractivity contribution in [3.05, 3.63) is 57.8 Å². The topological polar surface area (TPSA) is 105 Å². The Bertz CT molecular complexity index is 1020. The van der Waals surface area contributed by atoms with Crippen LogP contribution >= 0.6 is 15.9 Å². The van der Waals surface area contributed by atoms with E-state index in [2.05, 4.69) is 15.9 Å². The molecule has 6 nitrogen and oxygen atoms in total. The highest BCUT2D eigenvalue weighted by Gasteiger charge is 2.41. The number of benzene rings is 2. The molecule has 0 aliphatic carbocycles. The van der Waals surface area contributed by atoms with E-state index in [0.717, 1.165) is 18.2 Å². The number of aliphatic hydroxyl groups excluding tert-OH is 1. The molecule has 31 heavy (non-hydrogen) atoms. The van der Waals surface area contributed by atoms with Crippen molar-refractivity contribution in [1.82, 2.24) is 4.31 Å². The Morgan fingerprint density at radius 2 is 1.94 bits per heavy atom. The Morgan fingerprint density at radius 1 is 1.26 bits per heavy atom. The highest BCUT2D eigenvalue weighted by Crippen LogP contribution is 2.37. The first-order valence-corrected chi connectivity index (χ1v) is 10.6. The molecule has 1 saturated heterocycles. The Balaban J connectivity index is 0.000000285. The third kappa shape index (κ3) is 6.47. The number of hydrogen-bond donors (Lipinski definition) is 3. The molecular weight excluding hydrogens is 508 g/mol. The molecule has 0 bridgehead atoms. The molecule has 2 aromatic carbocycles. The minimum Gasteiger partial charge on any atom is -0.508 e. The zero-order valence-corrected chi connectivity index (χ0v) is 18.1. The van der Waals surface area contributed by atoms with Gasteiger partial charge in [-0.2, -0.15) is 18.4 Å². The summed E-state index contributed by atoms with van der Waals surface area (Å²) in [5, 5.41) is 35.9. The number of alkyl halides is 3. The fourth-order valence-electron chi connectivity index (χ4n) is 2.70. The maximum absolute atomic E-state index is 13.0. The van der Waals surface area contributed by atoms with E-state index in [-0.39, 0.29) is 40.2 Å². The van der Waals surface area contributed by atoms with Gasteiger partial charge in [0, 0.05) is 23.6 Å². The average molecular weight is 525 g/mol. The van der Waals surface area contributed by atoms with Crippen molar-refractivity contribution in [2.45, 2.75) is 23.1 Å². The minimum atomic E-state index is -4.62. The van der Waals surface area contributed by atoms with Crippen molar-refractivity contribution in [3.8, 4) is 11.8 Å². The largest absolute Gasteiger partial charge is 0.508 e. The van der Waals surface area contributed by atoms with Crippen LogP contribution in [-0.4, -0.2) is 49.1 Å². The number of phenolic OH excluding ortho intramolecular Hbond substituents is 1. The van der Waals surface area contributed by atoms with Gasteiger partial charge in [0.25, 0.3) is 0 Å². The van der Waals surface area contributed by atoms with E-state index in [1.54, 1.807) is 6.07 Å². The van der Waals surface area contributed by atoms with E-state index < -0.39 is 40.8 Å². The molecule has 2 aromatic rings. The van der Waals surface area contributed by atoms with Crippen molar-refractivity contribution < 1.29 is 37.1 Å². The van der Waals surface area contributed by atoms with E-state index >= 15 is 0 Å². The van der Waals surface area contributed by atoms with Gasteiger partial charge in [-0.05, 0) is 36.8 Å². The van der Waals surface area contributed by atoms with E-state index in [1.807, 2.05) is 0 Å². The summed E-state index contributed by atoms with van der Waals surface area (Å²) in [6, 6.07) is 8.44. The zero-order valence-electron chi connectivity index (χ0n) is 15.7. The van der Waals surface area contributed by atoms with Gasteiger partial charge in [0.05, 0.1) is 22.6 Å². The monoisotopic (exact) mass is 524 g/mol. The molecule has 2 atom stereocenters. The van der Waals surface area contributed by atoms with Crippen LogP contribution in [0.5, 0.6) is 5.75 Å². The highest BCUT2D eigenvalue weighted by molar-refractivity contribution is 9.10. The number of rotatable bonds is 3. The summed E-state index contributed by atoms with van der Waals surface area (Å²) in [6.45, 7) is -0.506. The van der Waals surface area contributed by atoms with Crippen LogP contribution in [0.4, 0.5) is 17.6 Å². The molecule has 0 amide bonds. The summed E-state index contributed by atoms with van der Waals surface area (Å²) in [4.78, 5) is -0.354. The smallest absolute Gasteiger partial charge is 0.417 e. The van der Waals surface area contributed by atoms with Crippen LogP contribution in [-0.2, 0) is 17.2 Å². The molecule has 0 aromatic heterocycles. The molecule has 3 rings (SSSR count). The summed E-state index contributed by atoms with van der Waals surface area (Å²) < 4.78 is 65.4. The lowest BCUT2D eigenvalue weighted by molar-refractivity contribution is -0.139. The molecule has 3 N–H and O–H groups in total. The molecule has 1 aliphatic heterocycles. The fraction of sp³-hybridized carbons (Fsp3) is 0.316. The first-order chi connectivity index (χ1) is 14.4. The Kier molecular flexibility index (Phi) is 8.18. The second kappa shape index (κ2) is 10.1. The second-order valence-corrected chi connectivity index (χ2v) is 9.03. The highest BCUT2D eigenvalue weighted by atomic mass is 79.9. The van der Waals surface area contributed by atoms with E-state index in [1.165, 1.54) is 22.5 Å². The summed E-state index contributed by atoms with van der Waals surface area (Å²) in [7, 11) is -2.05. The lowest BCUT2D eigenvalue weighted by Gasteiger charge is -2.21. The summed E-state index contributed by atoms with van der Waals surface area (Å²) >= 11 is 2.97. The third-order valence-corrected chi connectivity index (χ3v) is 6.34. The summed E-state index contributed by atoms with van der Waals surface area (Å²) in [6.07, 6.45) is -4.46. The van der Waals surface area contributed by atoms with Crippen LogP contribution in [0.25, 0.3) is 0 Å². The summed E-state index contributed by atoms with van der Waals surface area (Å²) in [5.74, 6) is -0.862. The molecule has 2 unspecified atom stereocenters. The molecule has 0 spiro atoms. The first-order valence-electron chi connectivity index (χ1n) is 8.65. The van der Waals surface area contributed by atoms with Gasteiger partial charge in [-0.15, -0.1) is 0 Å². The second-order valence-electron chi connectivity index (χ2n) is 6.66. The number of nitrogens with zero attached hydrogens (tertiary/aromatic N) is 2. The molecule has 0 radical (unpaired) electrons. The van der Waals surface area contributed by atoms with Gasteiger partial charge in [-0.1, -0.05) is 15.9 Å². The van der Waals surface area contributed by atoms with Gasteiger partial charge in [-0.3, -0.25) is 0 Å². The van der Waals surface area contributed by atoms with Gasteiger partial charge in [0.1, 0.15) is 34.2 Å².